The summed E-state index contributed by atoms with van der Waals surface area (Å²) in [5, 5.41) is 3.43. The van der Waals surface area contributed by atoms with Gasteiger partial charge in [0.05, 0.1) is 12.5 Å². The first-order chi connectivity index (χ1) is 10.2. The highest BCUT2D eigenvalue weighted by Gasteiger charge is 2.43. The normalized spacial score (nSPS) is 30.3. The van der Waals surface area contributed by atoms with E-state index < -0.39 is 0 Å². The molecule has 2 saturated carbocycles. The van der Waals surface area contributed by atoms with Gasteiger partial charge in [0, 0.05) is 12.1 Å². The molecule has 118 valence electrons. The molecule has 2 unspecified atom stereocenters. The van der Waals surface area contributed by atoms with Crippen molar-refractivity contribution < 1.29 is 9.59 Å². The molecule has 2 amide bonds. The lowest BCUT2D eigenvalue weighted by Gasteiger charge is -2.33. The van der Waals surface area contributed by atoms with Crippen LogP contribution in [0.2, 0.25) is 0 Å². The first-order valence-electron chi connectivity index (χ1n) is 8.79. The summed E-state index contributed by atoms with van der Waals surface area (Å²) in [7, 11) is 0. The van der Waals surface area contributed by atoms with Crippen molar-refractivity contribution in [2.45, 2.75) is 89.3 Å². The standard InChI is InChI=1S/C17H28N2O2/c1-12(13-7-6-8-13)18-15-11-16(20)19(17(15)21)14-9-4-2-3-5-10-14/h12-15,18H,2-11H2,1H3. The number of imide groups is 1. The number of nitrogens with one attached hydrogen (secondary N) is 1. The second-order valence-electron chi connectivity index (χ2n) is 7.15. The van der Waals surface area contributed by atoms with Gasteiger partial charge in [-0.15, -0.1) is 0 Å². The van der Waals surface area contributed by atoms with Crippen molar-refractivity contribution in [2.24, 2.45) is 5.92 Å². The van der Waals surface area contributed by atoms with E-state index in [2.05, 4.69) is 12.2 Å². The van der Waals surface area contributed by atoms with Gasteiger partial charge in [-0.3, -0.25) is 14.5 Å². The number of hydrogen-bond donors (Lipinski definition) is 1. The Labute approximate surface area is 127 Å². The summed E-state index contributed by atoms with van der Waals surface area (Å²) in [6, 6.07) is 0.254. The molecule has 0 aromatic rings. The van der Waals surface area contributed by atoms with Crippen LogP contribution in [0.4, 0.5) is 0 Å². The molecule has 0 spiro atoms. The minimum absolute atomic E-state index is 0.0399. The molecule has 3 aliphatic rings. The fraction of sp³-hybridized carbons (Fsp3) is 0.882. The van der Waals surface area contributed by atoms with Crippen LogP contribution in [-0.2, 0) is 9.59 Å². The quantitative estimate of drug-likeness (QED) is 0.640. The van der Waals surface area contributed by atoms with Gasteiger partial charge in [0.15, 0.2) is 0 Å². The maximum atomic E-state index is 12.6. The summed E-state index contributed by atoms with van der Waals surface area (Å²) >= 11 is 0. The Hall–Kier alpha value is -0.900. The van der Waals surface area contributed by atoms with E-state index in [4.69, 9.17) is 0 Å². The third-order valence-corrected chi connectivity index (χ3v) is 5.69. The van der Waals surface area contributed by atoms with Crippen molar-refractivity contribution in [2.75, 3.05) is 0 Å². The molecule has 4 nitrogen and oxygen atoms in total. The monoisotopic (exact) mass is 292 g/mol. The SMILES string of the molecule is CC(NC1CC(=O)N(C2CCCCCC2)C1=O)C1CCC1. The third kappa shape index (κ3) is 3.15. The predicted molar refractivity (Wildman–Crippen MR) is 81.7 cm³/mol. The Morgan fingerprint density at radius 2 is 1.67 bits per heavy atom. The largest absolute Gasteiger partial charge is 0.303 e. The molecular weight excluding hydrogens is 264 g/mol. The number of nitrogens with zero attached hydrogens (tertiary/aromatic N) is 1. The van der Waals surface area contributed by atoms with Crippen molar-refractivity contribution in [1.82, 2.24) is 10.2 Å². The van der Waals surface area contributed by atoms with Gasteiger partial charge < -0.3 is 5.32 Å². The second-order valence-corrected chi connectivity index (χ2v) is 7.15. The lowest BCUT2D eigenvalue weighted by Crippen LogP contribution is -2.48. The highest BCUT2D eigenvalue weighted by atomic mass is 16.2. The molecule has 1 aliphatic heterocycles. The Morgan fingerprint density at radius 1 is 1.00 bits per heavy atom. The average Bonchev–Trinajstić information content (AvgIpc) is 2.58. The molecule has 21 heavy (non-hydrogen) atoms. The maximum absolute atomic E-state index is 12.6. The fourth-order valence-electron chi connectivity index (χ4n) is 4.07. The molecule has 3 fully saturated rings. The Morgan fingerprint density at radius 3 is 2.24 bits per heavy atom. The highest BCUT2D eigenvalue weighted by Crippen LogP contribution is 2.31. The van der Waals surface area contributed by atoms with Gasteiger partial charge in [0.1, 0.15) is 0 Å². The lowest BCUT2D eigenvalue weighted by atomic mass is 9.80. The molecule has 0 aromatic carbocycles. The summed E-state index contributed by atoms with van der Waals surface area (Å²) in [6.45, 7) is 2.16. The van der Waals surface area contributed by atoms with Gasteiger partial charge in [-0.25, -0.2) is 0 Å². The minimum atomic E-state index is -0.267. The summed E-state index contributed by atoms with van der Waals surface area (Å²) in [4.78, 5) is 26.5. The Balaban J connectivity index is 1.61. The zero-order valence-corrected chi connectivity index (χ0v) is 13.1. The third-order valence-electron chi connectivity index (χ3n) is 5.69. The van der Waals surface area contributed by atoms with Gasteiger partial charge in [0.25, 0.3) is 0 Å². The van der Waals surface area contributed by atoms with Crippen LogP contribution < -0.4 is 5.32 Å². The van der Waals surface area contributed by atoms with Gasteiger partial charge in [0.2, 0.25) is 11.8 Å². The van der Waals surface area contributed by atoms with Gasteiger partial charge in [-0.1, -0.05) is 32.1 Å². The number of carbonyl (C=O) groups excluding carboxylic acids is 2. The molecule has 2 aliphatic carbocycles. The molecule has 3 rings (SSSR count). The van der Waals surface area contributed by atoms with Crippen LogP contribution in [0.5, 0.6) is 0 Å². The van der Waals surface area contributed by atoms with Crippen molar-refractivity contribution in [1.29, 1.82) is 0 Å². The van der Waals surface area contributed by atoms with Crippen LogP contribution in [0.25, 0.3) is 0 Å². The number of hydrogen-bond acceptors (Lipinski definition) is 3. The van der Waals surface area contributed by atoms with Crippen LogP contribution >= 0.6 is 0 Å². The van der Waals surface area contributed by atoms with Crippen LogP contribution in [0.3, 0.4) is 0 Å². The summed E-state index contributed by atoms with van der Waals surface area (Å²) in [5.74, 6) is 0.781. The van der Waals surface area contributed by atoms with Crippen LogP contribution in [0.1, 0.15) is 71.1 Å². The molecule has 2 atom stereocenters. The van der Waals surface area contributed by atoms with E-state index in [-0.39, 0.29) is 23.9 Å². The zero-order chi connectivity index (χ0) is 14.8. The summed E-state index contributed by atoms with van der Waals surface area (Å²) in [6.07, 6.45) is 11.0. The van der Waals surface area contributed by atoms with E-state index in [1.54, 1.807) is 4.90 Å². The smallest absolute Gasteiger partial charge is 0.247 e. The fourth-order valence-corrected chi connectivity index (χ4v) is 4.07. The molecule has 4 heteroatoms. The molecular formula is C17H28N2O2. The number of amides is 2. The second kappa shape index (κ2) is 6.47. The summed E-state index contributed by atoms with van der Waals surface area (Å²) < 4.78 is 0. The van der Waals surface area contributed by atoms with Crippen LogP contribution in [0.15, 0.2) is 0 Å². The number of rotatable bonds is 4. The topological polar surface area (TPSA) is 49.4 Å². The summed E-state index contributed by atoms with van der Waals surface area (Å²) in [5.41, 5.74) is 0. The van der Waals surface area contributed by atoms with Gasteiger partial charge in [-0.05, 0) is 38.5 Å². The van der Waals surface area contributed by atoms with Gasteiger partial charge >= 0.3 is 0 Å². The van der Waals surface area contributed by atoms with Crippen LogP contribution in [0, 0.1) is 5.92 Å². The number of carbonyl (C=O) groups is 2. The Bertz CT molecular complexity index is 398. The predicted octanol–water partition coefficient (Wildman–Crippen LogP) is 2.61. The van der Waals surface area contributed by atoms with Crippen molar-refractivity contribution in [3.63, 3.8) is 0 Å². The first kappa shape index (κ1) is 15.0. The minimum Gasteiger partial charge on any atom is -0.303 e. The van der Waals surface area contributed by atoms with Crippen LogP contribution in [-0.4, -0.2) is 34.8 Å². The first-order valence-corrected chi connectivity index (χ1v) is 8.79. The molecule has 1 heterocycles. The van der Waals surface area contributed by atoms with E-state index in [0.717, 1.165) is 25.7 Å². The van der Waals surface area contributed by atoms with E-state index in [9.17, 15) is 9.59 Å². The zero-order valence-electron chi connectivity index (χ0n) is 13.1. The average molecular weight is 292 g/mol. The lowest BCUT2D eigenvalue weighted by molar-refractivity contribution is -0.142. The molecule has 1 N–H and O–H groups in total. The van der Waals surface area contributed by atoms with Crippen molar-refractivity contribution in [3.05, 3.63) is 0 Å². The molecule has 0 aromatic heterocycles. The molecule has 1 saturated heterocycles. The Kier molecular flexibility index (Phi) is 4.63. The molecule has 0 bridgehead atoms. The van der Waals surface area contributed by atoms with E-state index in [1.807, 2.05) is 0 Å². The van der Waals surface area contributed by atoms with E-state index >= 15 is 0 Å². The highest BCUT2D eigenvalue weighted by molar-refractivity contribution is 6.05. The van der Waals surface area contributed by atoms with Crippen molar-refractivity contribution in [3.8, 4) is 0 Å². The maximum Gasteiger partial charge on any atom is 0.247 e. The molecule has 0 radical (unpaired) electrons. The van der Waals surface area contributed by atoms with E-state index in [0.29, 0.717) is 18.4 Å². The van der Waals surface area contributed by atoms with E-state index in [1.165, 1.54) is 32.1 Å². The number of likely N-dealkylation sites (tertiary alicyclic amines) is 1. The van der Waals surface area contributed by atoms with Gasteiger partial charge in [-0.2, -0.15) is 0 Å². The van der Waals surface area contributed by atoms with Crippen molar-refractivity contribution >= 4 is 11.8 Å².